The van der Waals surface area contributed by atoms with Gasteiger partial charge in [-0.25, -0.2) is 9.97 Å². The molecule has 2 atom stereocenters. The molecule has 2 aromatic heterocycles. The molecule has 1 radical (unpaired) electrons. The Bertz CT molecular complexity index is 1480. The van der Waals surface area contributed by atoms with Gasteiger partial charge < -0.3 is 14.2 Å². The Morgan fingerprint density at radius 3 is 2.37 bits per heavy atom. The van der Waals surface area contributed by atoms with Crippen LogP contribution in [0.5, 0.6) is 0 Å². The summed E-state index contributed by atoms with van der Waals surface area (Å²) in [5.74, 6) is 0.307. The number of benzene rings is 1. The van der Waals surface area contributed by atoms with Crippen molar-refractivity contribution in [2.24, 2.45) is 0 Å². The highest BCUT2D eigenvalue weighted by Crippen LogP contribution is 2.44. The summed E-state index contributed by atoms with van der Waals surface area (Å²) in [4.78, 5) is 22.9. The van der Waals surface area contributed by atoms with E-state index in [0.29, 0.717) is 40.2 Å². The van der Waals surface area contributed by atoms with E-state index in [2.05, 4.69) is 125 Å². The van der Waals surface area contributed by atoms with Crippen molar-refractivity contribution in [3.63, 3.8) is 0 Å². The van der Waals surface area contributed by atoms with Gasteiger partial charge in [-0.3, -0.25) is 9.48 Å². The molecule has 0 bridgehead atoms. The second-order valence-electron chi connectivity index (χ2n) is 15.1. The van der Waals surface area contributed by atoms with Crippen LogP contribution >= 0.6 is 15.9 Å². The second-order valence-corrected chi connectivity index (χ2v) is 25.8. The van der Waals surface area contributed by atoms with Gasteiger partial charge in [0.05, 0.1) is 29.5 Å². The lowest BCUT2D eigenvalue weighted by Gasteiger charge is -2.44. The maximum atomic E-state index is 14.1. The van der Waals surface area contributed by atoms with Crippen molar-refractivity contribution in [1.29, 1.82) is 0 Å². The van der Waals surface area contributed by atoms with E-state index in [0.717, 1.165) is 28.6 Å². The molecule has 1 fully saturated rings. The number of anilines is 1. The van der Waals surface area contributed by atoms with Crippen molar-refractivity contribution in [3.8, 4) is 0 Å². The molecule has 1 N–H and O–H groups in total. The summed E-state index contributed by atoms with van der Waals surface area (Å²) in [7, 11) is -3.94. The van der Waals surface area contributed by atoms with Crippen LogP contribution in [0.2, 0.25) is 36.3 Å². The minimum atomic E-state index is -2.01. The zero-order chi connectivity index (χ0) is 34.0. The van der Waals surface area contributed by atoms with Crippen LogP contribution in [0.4, 0.5) is 5.82 Å². The van der Waals surface area contributed by atoms with E-state index in [9.17, 15) is 4.79 Å². The summed E-state index contributed by atoms with van der Waals surface area (Å²) in [6.45, 7) is 25.0. The maximum absolute atomic E-state index is 14.1. The van der Waals surface area contributed by atoms with Crippen molar-refractivity contribution in [1.82, 2.24) is 19.7 Å². The molecule has 0 unspecified atom stereocenters. The lowest BCUT2D eigenvalue weighted by atomic mass is 10.0. The fraction of sp³-hybridized carbons (Fsp3) is 0.571. The van der Waals surface area contributed by atoms with Crippen LogP contribution < -0.4 is 5.32 Å². The summed E-state index contributed by atoms with van der Waals surface area (Å²) in [6, 6.07) is 10.1. The van der Waals surface area contributed by atoms with Crippen LogP contribution in [0.15, 0.2) is 47.3 Å². The highest BCUT2D eigenvalue weighted by molar-refractivity contribution is 9.10. The van der Waals surface area contributed by atoms with Crippen molar-refractivity contribution < 1.29 is 13.6 Å². The van der Waals surface area contributed by atoms with Crippen molar-refractivity contribution in [2.45, 2.75) is 129 Å². The number of ketones is 1. The van der Waals surface area contributed by atoms with E-state index < -0.39 is 22.2 Å². The molecular weight excluding hydrogens is 674 g/mol. The predicted molar refractivity (Wildman–Crippen MR) is 195 cm³/mol. The monoisotopic (exact) mass is 726 g/mol. The molecule has 251 valence electrons. The molecule has 0 spiro atoms. The molecule has 0 saturated heterocycles. The van der Waals surface area contributed by atoms with Crippen LogP contribution in [0, 0.1) is 6.42 Å². The Morgan fingerprint density at radius 2 is 1.76 bits per heavy atom. The zero-order valence-electron chi connectivity index (χ0n) is 29.5. The molecule has 1 aliphatic rings. The Morgan fingerprint density at radius 1 is 1.09 bits per heavy atom. The third-order valence-corrected chi connectivity index (χ3v) is 16.7. The van der Waals surface area contributed by atoms with Crippen molar-refractivity contribution in [2.75, 3.05) is 5.32 Å². The molecule has 3 aromatic rings. The third-order valence-electron chi connectivity index (χ3n) is 8.97. The summed E-state index contributed by atoms with van der Waals surface area (Å²) in [6.07, 6.45) is 7.14. The van der Waals surface area contributed by atoms with Crippen LogP contribution in [-0.4, -0.2) is 54.3 Å². The first-order valence-electron chi connectivity index (χ1n) is 16.6. The molecule has 4 rings (SSSR count). The molecule has 0 aliphatic heterocycles. The number of nitrogens with zero attached hydrogens (tertiary/aromatic N) is 4. The number of hydrogen-bond acceptors (Lipinski definition) is 7. The highest BCUT2D eigenvalue weighted by atomic mass is 79.9. The first-order valence-corrected chi connectivity index (χ1v) is 22.9. The standard InChI is InChI=1S/C35H53BrN5O3Si2/c1-23(2)46(24(3)4,25(5)6)43-29-16-15-28(18-29)39-34-30(20-37-22-38-34)33(42)31-19-32(35(7,8)44-45(9,10)11)41(40-31)21-26-13-12-14-27(36)17-26/h12-14,16-17,19-20,22-25,28-29H,15,18,21H2,1-11H3,(H,37,38,39)/t28-,29+/m1/s1. The van der Waals surface area contributed by atoms with E-state index in [-0.39, 0.29) is 17.9 Å². The number of carbonyl (C=O) groups is 1. The average molecular weight is 728 g/mol. The van der Waals surface area contributed by atoms with Gasteiger partial charge in [0.2, 0.25) is 14.1 Å². The van der Waals surface area contributed by atoms with Crippen LogP contribution in [0.3, 0.4) is 0 Å². The van der Waals surface area contributed by atoms with E-state index in [1.807, 2.05) is 22.9 Å². The summed E-state index contributed by atoms with van der Waals surface area (Å²) >= 11 is 3.58. The summed E-state index contributed by atoms with van der Waals surface area (Å²) < 4.78 is 16.6. The SMILES string of the molecule is CC(C)[Si](O[C@H]1[CH]C[C@@H](Nc2ncncc2C(=O)c2cc(C(C)(C)O[Si](C)(C)C)n(Cc3cccc(Br)c3)n2)C1)(C(C)C)C(C)C. The van der Waals surface area contributed by atoms with Gasteiger partial charge in [-0.15, -0.1) is 0 Å². The molecule has 2 heterocycles. The molecule has 1 saturated carbocycles. The Kier molecular flexibility index (Phi) is 11.6. The molecular formula is C35H53BrN5O3Si2. The largest absolute Gasteiger partial charge is 0.413 e. The Labute approximate surface area is 286 Å². The van der Waals surface area contributed by atoms with Gasteiger partial charge in [0.15, 0.2) is 8.32 Å². The van der Waals surface area contributed by atoms with Crippen molar-refractivity contribution in [3.05, 3.63) is 76.3 Å². The fourth-order valence-electron chi connectivity index (χ4n) is 7.37. The highest BCUT2D eigenvalue weighted by Gasteiger charge is 2.47. The number of rotatable bonds is 14. The molecule has 1 aromatic carbocycles. The fourth-order valence-corrected chi connectivity index (χ4v) is 15.0. The van der Waals surface area contributed by atoms with Gasteiger partial charge in [0, 0.05) is 16.7 Å². The molecule has 46 heavy (non-hydrogen) atoms. The molecule has 1 aliphatic carbocycles. The number of halogens is 1. The van der Waals surface area contributed by atoms with E-state index in [1.165, 1.54) is 6.33 Å². The van der Waals surface area contributed by atoms with E-state index in [4.69, 9.17) is 14.0 Å². The lowest BCUT2D eigenvalue weighted by Crippen LogP contribution is -2.50. The van der Waals surface area contributed by atoms with E-state index >= 15 is 0 Å². The first-order chi connectivity index (χ1) is 21.4. The summed E-state index contributed by atoms with van der Waals surface area (Å²) in [5.41, 5.74) is 3.59. The Hall–Kier alpha value is -2.19. The van der Waals surface area contributed by atoms with Crippen LogP contribution in [0.25, 0.3) is 0 Å². The van der Waals surface area contributed by atoms with Gasteiger partial charge in [0.1, 0.15) is 17.8 Å². The van der Waals surface area contributed by atoms with Crippen LogP contribution in [0.1, 0.15) is 95.5 Å². The van der Waals surface area contributed by atoms with Gasteiger partial charge in [-0.2, -0.15) is 5.10 Å². The van der Waals surface area contributed by atoms with Crippen LogP contribution in [-0.2, 0) is 21.0 Å². The minimum absolute atomic E-state index is 0.0854. The summed E-state index contributed by atoms with van der Waals surface area (Å²) in [5, 5.41) is 8.43. The quantitative estimate of drug-likeness (QED) is 0.131. The second kappa shape index (κ2) is 14.5. The van der Waals surface area contributed by atoms with Gasteiger partial charge in [-0.05, 0) is 93.1 Å². The third kappa shape index (κ3) is 8.45. The normalized spacial score (nSPS) is 17.8. The van der Waals surface area contributed by atoms with Gasteiger partial charge in [0.25, 0.3) is 0 Å². The van der Waals surface area contributed by atoms with Gasteiger partial charge >= 0.3 is 0 Å². The molecule has 8 nitrogen and oxygen atoms in total. The minimum Gasteiger partial charge on any atom is -0.413 e. The maximum Gasteiger partial charge on any atom is 0.218 e. The molecule has 11 heteroatoms. The molecule has 0 amide bonds. The number of carbonyl (C=O) groups excluding carboxylic acids is 1. The lowest BCUT2D eigenvalue weighted by molar-refractivity contribution is 0.0898. The number of aromatic nitrogens is 4. The number of hydrogen-bond donors (Lipinski definition) is 1. The Balaban J connectivity index is 1.60. The first kappa shape index (κ1) is 36.6. The predicted octanol–water partition coefficient (Wildman–Crippen LogP) is 9.14. The topological polar surface area (TPSA) is 91.2 Å². The zero-order valence-corrected chi connectivity index (χ0v) is 33.1. The van der Waals surface area contributed by atoms with E-state index in [1.54, 1.807) is 6.20 Å². The average Bonchev–Trinajstić information content (AvgIpc) is 3.57. The number of nitrogens with one attached hydrogen (secondary N) is 1. The van der Waals surface area contributed by atoms with Crippen molar-refractivity contribution >= 4 is 44.2 Å². The van der Waals surface area contributed by atoms with Gasteiger partial charge in [-0.1, -0.05) is 69.6 Å². The smallest absolute Gasteiger partial charge is 0.218 e.